The maximum absolute atomic E-state index is 12.5. The molecule has 27 heavy (non-hydrogen) atoms. The van der Waals surface area contributed by atoms with Gasteiger partial charge in [0.25, 0.3) is 5.91 Å². The molecule has 4 rings (SSSR count). The molecule has 0 saturated carbocycles. The van der Waals surface area contributed by atoms with Gasteiger partial charge in [-0.1, -0.05) is 42.5 Å². The Morgan fingerprint density at radius 3 is 2.63 bits per heavy atom. The summed E-state index contributed by atoms with van der Waals surface area (Å²) in [7, 11) is 0. The summed E-state index contributed by atoms with van der Waals surface area (Å²) in [5.41, 5.74) is 1.98. The molecule has 0 unspecified atom stereocenters. The number of hydrogen-bond acceptors (Lipinski definition) is 3. The third kappa shape index (κ3) is 3.98. The van der Waals surface area contributed by atoms with E-state index in [4.69, 9.17) is 0 Å². The molecule has 140 valence electrons. The Morgan fingerprint density at radius 1 is 1.15 bits per heavy atom. The van der Waals surface area contributed by atoms with E-state index in [-0.39, 0.29) is 17.2 Å². The Bertz CT molecular complexity index is 821. The molecule has 1 spiro atoms. The molecule has 2 aromatic rings. The molecule has 4 nitrogen and oxygen atoms in total. The standard InChI is InChI=1S/C22H24N2O2S/c25-20-15-22(17-24(20)11-4-7-18-5-2-1-3-6-18)9-12-23(13-10-22)21(26)19-8-14-27-16-19/h1-8,14,16H,9-13,15,17H2. The minimum absolute atomic E-state index is 0.0447. The van der Waals surface area contributed by atoms with E-state index in [0.29, 0.717) is 13.0 Å². The van der Waals surface area contributed by atoms with Gasteiger partial charge in [0.1, 0.15) is 0 Å². The van der Waals surface area contributed by atoms with Crippen LogP contribution in [0, 0.1) is 5.41 Å². The molecule has 2 fully saturated rings. The highest BCUT2D eigenvalue weighted by Crippen LogP contribution is 2.41. The summed E-state index contributed by atoms with van der Waals surface area (Å²) in [6, 6.07) is 12.0. The molecular formula is C22H24N2O2S. The molecule has 2 amide bonds. The summed E-state index contributed by atoms with van der Waals surface area (Å²) in [5, 5.41) is 3.85. The summed E-state index contributed by atoms with van der Waals surface area (Å²) < 4.78 is 0. The van der Waals surface area contributed by atoms with Crippen LogP contribution in [-0.4, -0.2) is 47.8 Å². The van der Waals surface area contributed by atoms with E-state index in [1.807, 2.05) is 44.8 Å². The quantitative estimate of drug-likeness (QED) is 0.807. The third-order valence-corrected chi connectivity index (χ3v) is 6.40. The Kier molecular flexibility index (Phi) is 5.12. The molecule has 5 heteroatoms. The molecule has 2 saturated heterocycles. The van der Waals surface area contributed by atoms with Crippen molar-refractivity contribution >= 4 is 29.2 Å². The molecule has 0 N–H and O–H groups in total. The molecular weight excluding hydrogens is 356 g/mol. The maximum atomic E-state index is 12.5. The molecule has 3 heterocycles. The zero-order chi connectivity index (χ0) is 18.7. The van der Waals surface area contributed by atoms with Gasteiger partial charge < -0.3 is 9.80 Å². The van der Waals surface area contributed by atoms with Crippen LogP contribution < -0.4 is 0 Å². The van der Waals surface area contributed by atoms with Crippen LogP contribution in [0.3, 0.4) is 0 Å². The number of carbonyl (C=O) groups is 2. The number of hydrogen-bond donors (Lipinski definition) is 0. The van der Waals surface area contributed by atoms with Crippen LogP contribution in [0.2, 0.25) is 0 Å². The van der Waals surface area contributed by atoms with Gasteiger partial charge in [0, 0.05) is 43.4 Å². The lowest BCUT2D eigenvalue weighted by molar-refractivity contribution is -0.127. The maximum Gasteiger partial charge on any atom is 0.254 e. The van der Waals surface area contributed by atoms with Crippen molar-refractivity contribution in [1.82, 2.24) is 9.80 Å². The monoisotopic (exact) mass is 380 g/mol. The van der Waals surface area contributed by atoms with E-state index in [1.54, 1.807) is 11.3 Å². The van der Waals surface area contributed by atoms with Crippen molar-refractivity contribution in [3.63, 3.8) is 0 Å². The van der Waals surface area contributed by atoms with Crippen molar-refractivity contribution in [3.05, 3.63) is 64.4 Å². The van der Waals surface area contributed by atoms with Crippen LogP contribution >= 0.6 is 11.3 Å². The molecule has 1 aromatic carbocycles. The average Bonchev–Trinajstić information content (AvgIpc) is 3.32. The van der Waals surface area contributed by atoms with Gasteiger partial charge in [-0.15, -0.1) is 0 Å². The average molecular weight is 381 g/mol. The van der Waals surface area contributed by atoms with Crippen molar-refractivity contribution in [1.29, 1.82) is 0 Å². The zero-order valence-electron chi connectivity index (χ0n) is 15.3. The van der Waals surface area contributed by atoms with Gasteiger partial charge in [-0.3, -0.25) is 9.59 Å². The fraction of sp³-hybridized carbons (Fsp3) is 0.364. The lowest BCUT2D eigenvalue weighted by Gasteiger charge is -2.38. The van der Waals surface area contributed by atoms with Gasteiger partial charge in [0.2, 0.25) is 5.91 Å². The second-order valence-corrected chi connectivity index (χ2v) is 8.35. The van der Waals surface area contributed by atoms with E-state index in [9.17, 15) is 9.59 Å². The summed E-state index contributed by atoms with van der Waals surface area (Å²) in [6.45, 7) is 2.96. The van der Waals surface area contributed by atoms with Crippen molar-refractivity contribution in [2.45, 2.75) is 19.3 Å². The van der Waals surface area contributed by atoms with Gasteiger partial charge in [0.05, 0.1) is 5.56 Å². The van der Waals surface area contributed by atoms with Gasteiger partial charge in [-0.2, -0.15) is 11.3 Å². The summed E-state index contributed by atoms with van der Waals surface area (Å²) in [5.74, 6) is 0.364. The lowest BCUT2D eigenvalue weighted by atomic mass is 9.77. The first-order valence-corrected chi connectivity index (χ1v) is 10.4. The normalized spacial score (nSPS) is 19.3. The van der Waals surface area contributed by atoms with Crippen LogP contribution in [0.4, 0.5) is 0 Å². The number of likely N-dealkylation sites (tertiary alicyclic amines) is 2. The predicted octanol–water partition coefficient (Wildman–Crippen LogP) is 3.92. The van der Waals surface area contributed by atoms with Gasteiger partial charge in [0.15, 0.2) is 0 Å². The van der Waals surface area contributed by atoms with Gasteiger partial charge in [-0.25, -0.2) is 0 Å². The summed E-state index contributed by atoms with van der Waals surface area (Å²) >= 11 is 1.55. The van der Waals surface area contributed by atoms with Crippen LogP contribution in [-0.2, 0) is 4.79 Å². The minimum atomic E-state index is 0.0447. The number of benzene rings is 1. The van der Waals surface area contributed by atoms with Crippen LogP contribution in [0.1, 0.15) is 35.2 Å². The smallest absolute Gasteiger partial charge is 0.254 e. The molecule has 2 aliphatic rings. The number of amides is 2. The molecule has 2 aliphatic heterocycles. The van der Waals surface area contributed by atoms with Crippen molar-refractivity contribution in [2.75, 3.05) is 26.2 Å². The van der Waals surface area contributed by atoms with Crippen molar-refractivity contribution in [3.8, 4) is 0 Å². The second-order valence-electron chi connectivity index (χ2n) is 7.57. The Morgan fingerprint density at radius 2 is 1.93 bits per heavy atom. The SMILES string of the molecule is O=C1CC2(CCN(C(=O)c3ccsc3)CC2)CN1CC=Cc1ccccc1. The number of carbonyl (C=O) groups excluding carboxylic acids is 2. The number of piperidine rings is 1. The Balaban J connectivity index is 1.32. The first-order chi connectivity index (χ1) is 13.2. The minimum Gasteiger partial charge on any atom is -0.339 e. The molecule has 1 aromatic heterocycles. The van der Waals surface area contributed by atoms with Gasteiger partial charge >= 0.3 is 0 Å². The van der Waals surface area contributed by atoms with Crippen LogP contribution in [0.5, 0.6) is 0 Å². The largest absolute Gasteiger partial charge is 0.339 e. The highest BCUT2D eigenvalue weighted by molar-refractivity contribution is 7.08. The fourth-order valence-corrected chi connectivity index (χ4v) is 4.75. The van der Waals surface area contributed by atoms with Crippen molar-refractivity contribution in [2.24, 2.45) is 5.41 Å². The Hall–Kier alpha value is -2.40. The topological polar surface area (TPSA) is 40.6 Å². The number of rotatable bonds is 4. The molecule has 0 aliphatic carbocycles. The third-order valence-electron chi connectivity index (χ3n) is 5.72. The molecule has 0 atom stereocenters. The van der Waals surface area contributed by atoms with E-state index in [1.165, 1.54) is 0 Å². The molecule has 0 bridgehead atoms. The fourth-order valence-electron chi connectivity index (χ4n) is 4.12. The van der Waals surface area contributed by atoms with Crippen LogP contribution in [0.15, 0.2) is 53.2 Å². The lowest BCUT2D eigenvalue weighted by Crippen LogP contribution is -2.44. The van der Waals surface area contributed by atoms with Gasteiger partial charge in [-0.05, 0) is 29.9 Å². The van der Waals surface area contributed by atoms with E-state index in [0.717, 1.165) is 43.6 Å². The highest BCUT2D eigenvalue weighted by Gasteiger charge is 2.45. The van der Waals surface area contributed by atoms with Crippen LogP contribution in [0.25, 0.3) is 6.08 Å². The van der Waals surface area contributed by atoms with E-state index >= 15 is 0 Å². The predicted molar refractivity (Wildman–Crippen MR) is 109 cm³/mol. The first-order valence-electron chi connectivity index (χ1n) is 9.46. The first kappa shape index (κ1) is 18.0. The number of thiophene rings is 1. The zero-order valence-corrected chi connectivity index (χ0v) is 16.2. The highest BCUT2D eigenvalue weighted by atomic mass is 32.1. The molecule has 0 radical (unpaired) electrons. The van der Waals surface area contributed by atoms with Crippen molar-refractivity contribution < 1.29 is 9.59 Å². The number of nitrogens with zero attached hydrogens (tertiary/aromatic N) is 2. The van der Waals surface area contributed by atoms with E-state index in [2.05, 4.69) is 24.3 Å². The van der Waals surface area contributed by atoms with E-state index < -0.39 is 0 Å². The second kappa shape index (κ2) is 7.69. The summed E-state index contributed by atoms with van der Waals surface area (Å²) in [4.78, 5) is 28.9. The summed E-state index contributed by atoms with van der Waals surface area (Å²) in [6.07, 6.45) is 6.58. The Labute approximate surface area is 164 Å².